The molecule has 1 atom stereocenters. The van der Waals surface area contributed by atoms with Gasteiger partial charge < -0.3 is 10.1 Å². The van der Waals surface area contributed by atoms with E-state index in [2.05, 4.69) is 24.1 Å². The minimum absolute atomic E-state index is 0.236. The Morgan fingerprint density at radius 3 is 2.93 bits per heavy atom. The summed E-state index contributed by atoms with van der Waals surface area (Å²) in [7, 11) is 1.85. The minimum atomic E-state index is 0.236. The van der Waals surface area contributed by atoms with Gasteiger partial charge in [0, 0.05) is 13.1 Å². The lowest BCUT2D eigenvalue weighted by molar-refractivity contribution is 0.202. The Morgan fingerprint density at radius 1 is 1.50 bits per heavy atom. The third-order valence-corrected chi connectivity index (χ3v) is 2.00. The number of hydrogen-bond donors (Lipinski definition) is 1. The summed E-state index contributed by atoms with van der Waals surface area (Å²) in [5.41, 5.74) is 0. The van der Waals surface area contributed by atoms with E-state index in [-0.39, 0.29) is 6.10 Å². The molecule has 0 aromatic carbocycles. The Bertz CT molecular complexity index is 276. The summed E-state index contributed by atoms with van der Waals surface area (Å²) in [5.74, 6) is 1.53. The summed E-state index contributed by atoms with van der Waals surface area (Å²) in [6, 6.07) is 5.73. The standard InChI is InChI=1S/C11H18N2O/c1-4-6-9(2)14-11-8-5-7-10(12-3)13-11/h5,7-9H,4,6H2,1-3H3,(H,12,13). The summed E-state index contributed by atoms with van der Waals surface area (Å²) in [6.45, 7) is 4.22. The molecule has 0 fully saturated rings. The van der Waals surface area contributed by atoms with E-state index in [1.54, 1.807) is 0 Å². The highest BCUT2D eigenvalue weighted by Gasteiger charge is 2.03. The molecule has 1 aromatic heterocycles. The van der Waals surface area contributed by atoms with Gasteiger partial charge in [0.05, 0.1) is 6.10 Å². The summed E-state index contributed by atoms with van der Waals surface area (Å²) in [5, 5.41) is 2.98. The quantitative estimate of drug-likeness (QED) is 0.782. The Labute approximate surface area is 85.5 Å². The zero-order valence-corrected chi connectivity index (χ0v) is 9.08. The molecule has 1 aromatic rings. The van der Waals surface area contributed by atoms with Crippen LogP contribution in [0.3, 0.4) is 0 Å². The van der Waals surface area contributed by atoms with Gasteiger partial charge >= 0.3 is 0 Å². The Morgan fingerprint density at radius 2 is 2.29 bits per heavy atom. The maximum absolute atomic E-state index is 5.65. The number of hydrogen-bond acceptors (Lipinski definition) is 3. The third-order valence-electron chi connectivity index (χ3n) is 2.00. The largest absolute Gasteiger partial charge is 0.475 e. The first-order valence-electron chi connectivity index (χ1n) is 5.07. The smallest absolute Gasteiger partial charge is 0.215 e. The van der Waals surface area contributed by atoms with Crippen molar-refractivity contribution in [1.29, 1.82) is 0 Å². The topological polar surface area (TPSA) is 34.1 Å². The van der Waals surface area contributed by atoms with Crippen LogP contribution in [0.1, 0.15) is 26.7 Å². The van der Waals surface area contributed by atoms with E-state index >= 15 is 0 Å². The molecular weight excluding hydrogens is 176 g/mol. The highest BCUT2D eigenvalue weighted by Crippen LogP contribution is 2.13. The molecule has 3 nitrogen and oxygen atoms in total. The third kappa shape index (κ3) is 3.24. The molecule has 0 aliphatic heterocycles. The van der Waals surface area contributed by atoms with Crippen LogP contribution in [0.2, 0.25) is 0 Å². The highest BCUT2D eigenvalue weighted by atomic mass is 16.5. The summed E-state index contributed by atoms with van der Waals surface area (Å²) >= 11 is 0. The molecule has 78 valence electrons. The molecule has 0 aliphatic rings. The number of nitrogens with one attached hydrogen (secondary N) is 1. The van der Waals surface area contributed by atoms with Gasteiger partial charge in [-0.3, -0.25) is 0 Å². The molecule has 0 bridgehead atoms. The van der Waals surface area contributed by atoms with Gasteiger partial charge in [-0.1, -0.05) is 19.4 Å². The van der Waals surface area contributed by atoms with Gasteiger partial charge in [-0.05, 0) is 19.4 Å². The molecule has 0 amide bonds. The molecule has 1 rings (SSSR count). The van der Waals surface area contributed by atoms with E-state index in [0.717, 1.165) is 18.7 Å². The number of aromatic nitrogens is 1. The Hall–Kier alpha value is -1.25. The monoisotopic (exact) mass is 194 g/mol. The maximum Gasteiger partial charge on any atom is 0.215 e. The maximum atomic E-state index is 5.65. The summed E-state index contributed by atoms with van der Waals surface area (Å²) in [4.78, 5) is 4.28. The fourth-order valence-corrected chi connectivity index (χ4v) is 1.29. The summed E-state index contributed by atoms with van der Waals surface area (Å²) < 4.78 is 5.65. The zero-order valence-electron chi connectivity index (χ0n) is 9.08. The molecule has 14 heavy (non-hydrogen) atoms. The van der Waals surface area contributed by atoms with Crippen LogP contribution in [0.15, 0.2) is 18.2 Å². The number of rotatable bonds is 5. The first-order valence-corrected chi connectivity index (χ1v) is 5.07. The second kappa shape index (κ2) is 5.47. The lowest BCUT2D eigenvalue weighted by Gasteiger charge is -2.13. The second-order valence-electron chi connectivity index (χ2n) is 3.33. The van der Waals surface area contributed by atoms with Gasteiger partial charge in [0.2, 0.25) is 5.88 Å². The molecule has 1 heterocycles. The van der Waals surface area contributed by atoms with Crippen molar-refractivity contribution in [2.45, 2.75) is 32.8 Å². The van der Waals surface area contributed by atoms with Gasteiger partial charge in [0.1, 0.15) is 5.82 Å². The van der Waals surface area contributed by atoms with E-state index in [9.17, 15) is 0 Å². The van der Waals surface area contributed by atoms with E-state index < -0.39 is 0 Å². The van der Waals surface area contributed by atoms with Gasteiger partial charge in [0.25, 0.3) is 0 Å². The number of anilines is 1. The van der Waals surface area contributed by atoms with Crippen molar-refractivity contribution in [1.82, 2.24) is 4.98 Å². The van der Waals surface area contributed by atoms with Crippen LogP contribution in [0.25, 0.3) is 0 Å². The average molecular weight is 194 g/mol. The van der Waals surface area contributed by atoms with Crippen LogP contribution in [-0.2, 0) is 0 Å². The van der Waals surface area contributed by atoms with Gasteiger partial charge in [-0.2, -0.15) is 4.98 Å². The van der Waals surface area contributed by atoms with Crippen LogP contribution in [0.5, 0.6) is 5.88 Å². The number of pyridine rings is 1. The molecule has 0 saturated heterocycles. The normalized spacial score (nSPS) is 12.2. The van der Waals surface area contributed by atoms with Crippen molar-refractivity contribution in [3.63, 3.8) is 0 Å². The fourth-order valence-electron chi connectivity index (χ4n) is 1.29. The number of nitrogens with zero attached hydrogens (tertiary/aromatic N) is 1. The zero-order chi connectivity index (χ0) is 10.4. The van der Waals surface area contributed by atoms with Gasteiger partial charge in [0.15, 0.2) is 0 Å². The van der Waals surface area contributed by atoms with Crippen LogP contribution >= 0.6 is 0 Å². The first kappa shape index (κ1) is 10.8. The average Bonchev–Trinajstić information content (AvgIpc) is 2.18. The van der Waals surface area contributed by atoms with Crippen LogP contribution in [0, 0.1) is 0 Å². The molecule has 1 N–H and O–H groups in total. The fraction of sp³-hybridized carbons (Fsp3) is 0.545. The molecule has 0 spiro atoms. The first-order chi connectivity index (χ1) is 6.76. The van der Waals surface area contributed by atoms with Crippen LogP contribution in [0.4, 0.5) is 5.82 Å². The molecule has 0 radical (unpaired) electrons. The molecular formula is C11H18N2O. The SMILES string of the molecule is CCCC(C)Oc1cccc(NC)n1. The lowest BCUT2D eigenvalue weighted by Crippen LogP contribution is -2.12. The van der Waals surface area contributed by atoms with Crippen molar-refractivity contribution in [2.75, 3.05) is 12.4 Å². The van der Waals surface area contributed by atoms with Crippen molar-refractivity contribution in [3.05, 3.63) is 18.2 Å². The number of ether oxygens (including phenoxy) is 1. The van der Waals surface area contributed by atoms with Crippen molar-refractivity contribution < 1.29 is 4.74 Å². The molecule has 1 unspecified atom stereocenters. The molecule has 3 heteroatoms. The summed E-state index contributed by atoms with van der Waals surface area (Å²) in [6.07, 6.45) is 2.43. The predicted molar refractivity (Wildman–Crippen MR) is 58.8 cm³/mol. The Kier molecular flexibility index (Phi) is 4.23. The van der Waals surface area contributed by atoms with Gasteiger partial charge in [-0.25, -0.2) is 0 Å². The molecule has 0 aliphatic carbocycles. The van der Waals surface area contributed by atoms with Crippen molar-refractivity contribution in [2.24, 2.45) is 0 Å². The van der Waals surface area contributed by atoms with Crippen molar-refractivity contribution >= 4 is 5.82 Å². The van der Waals surface area contributed by atoms with Crippen LogP contribution in [-0.4, -0.2) is 18.1 Å². The van der Waals surface area contributed by atoms with E-state index in [1.807, 2.05) is 25.2 Å². The van der Waals surface area contributed by atoms with Gasteiger partial charge in [-0.15, -0.1) is 0 Å². The minimum Gasteiger partial charge on any atom is -0.475 e. The van der Waals surface area contributed by atoms with E-state index in [0.29, 0.717) is 5.88 Å². The van der Waals surface area contributed by atoms with E-state index in [1.165, 1.54) is 0 Å². The van der Waals surface area contributed by atoms with Crippen molar-refractivity contribution in [3.8, 4) is 5.88 Å². The highest BCUT2D eigenvalue weighted by molar-refractivity contribution is 5.36. The predicted octanol–water partition coefficient (Wildman–Crippen LogP) is 2.69. The van der Waals surface area contributed by atoms with Crippen LogP contribution < -0.4 is 10.1 Å². The molecule has 0 saturated carbocycles. The Balaban J connectivity index is 2.57. The van der Waals surface area contributed by atoms with E-state index in [4.69, 9.17) is 4.74 Å². The second-order valence-corrected chi connectivity index (χ2v) is 3.33. The lowest BCUT2D eigenvalue weighted by atomic mass is 10.2.